The van der Waals surface area contributed by atoms with E-state index in [1.165, 1.54) is 63.7 Å². The van der Waals surface area contributed by atoms with E-state index in [-0.39, 0.29) is 5.92 Å². The van der Waals surface area contributed by atoms with Crippen molar-refractivity contribution in [3.05, 3.63) is 65.1 Å². The molecule has 240 valence electrons. The molecular weight excluding hydrogens is 558 g/mol. The third-order valence-corrected chi connectivity index (χ3v) is 10.1. The standard InChI is InChI=1S/C37H51N7O/c1-5-37(45)20-17-28-11-16-32(42-34(28)37)44-33(25(2)3)26(4)31-24-40-36(43-35(31)44)41-30-14-12-29(13-15-30)39-21-9-7-6-8-10-27-18-22-38-23-19-27/h11-16,24-25,27,38-39,45H,5-10,17-23H2,1-4H3,(H,40,41,43)/t37-/m1/s1. The van der Waals surface area contributed by atoms with Crippen molar-refractivity contribution in [2.75, 3.05) is 30.3 Å². The first-order valence-electron chi connectivity index (χ1n) is 17.3. The lowest BCUT2D eigenvalue weighted by molar-refractivity contribution is 0.0306. The van der Waals surface area contributed by atoms with E-state index < -0.39 is 5.60 Å². The summed E-state index contributed by atoms with van der Waals surface area (Å²) in [6.45, 7) is 12.0. The van der Waals surface area contributed by atoms with Gasteiger partial charge in [-0.05, 0) is 112 Å². The second-order valence-electron chi connectivity index (χ2n) is 13.5. The van der Waals surface area contributed by atoms with Crippen molar-refractivity contribution < 1.29 is 5.11 Å². The van der Waals surface area contributed by atoms with Gasteiger partial charge in [0.05, 0.1) is 5.69 Å². The molecule has 4 N–H and O–H groups in total. The Hall–Kier alpha value is -3.49. The van der Waals surface area contributed by atoms with Crippen LogP contribution in [0.15, 0.2) is 42.6 Å². The second kappa shape index (κ2) is 13.9. The smallest absolute Gasteiger partial charge is 0.229 e. The highest BCUT2D eigenvalue weighted by molar-refractivity contribution is 5.84. The molecule has 45 heavy (non-hydrogen) atoms. The van der Waals surface area contributed by atoms with Crippen LogP contribution in [0.25, 0.3) is 16.9 Å². The molecule has 1 aliphatic heterocycles. The van der Waals surface area contributed by atoms with Crippen LogP contribution in [0.3, 0.4) is 0 Å². The summed E-state index contributed by atoms with van der Waals surface area (Å²) in [5, 5.41) is 22.7. The molecule has 0 amide bonds. The lowest BCUT2D eigenvalue weighted by Crippen LogP contribution is -2.27. The molecule has 1 atom stereocenters. The van der Waals surface area contributed by atoms with Gasteiger partial charge in [0.2, 0.25) is 5.95 Å². The number of nitrogens with zero attached hydrogens (tertiary/aromatic N) is 4. The molecule has 6 rings (SSSR count). The zero-order chi connectivity index (χ0) is 31.4. The highest BCUT2D eigenvalue weighted by atomic mass is 16.3. The maximum absolute atomic E-state index is 11.3. The molecule has 0 radical (unpaired) electrons. The SMILES string of the molecule is CC[C@@]1(O)CCc2ccc(-n3c(C(C)C)c(C)c4cnc(Nc5ccc(NCCCCCCC6CCNCC6)cc5)nc43)nc21. The Morgan fingerprint density at radius 1 is 1.00 bits per heavy atom. The molecule has 3 aromatic heterocycles. The van der Waals surface area contributed by atoms with Crippen molar-refractivity contribution in [3.63, 3.8) is 0 Å². The molecule has 8 heteroatoms. The minimum absolute atomic E-state index is 0.259. The molecule has 0 bridgehead atoms. The van der Waals surface area contributed by atoms with Crippen LogP contribution in [0.5, 0.6) is 0 Å². The average Bonchev–Trinajstić information content (AvgIpc) is 3.55. The van der Waals surface area contributed by atoms with Gasteiger partial charge in [-0.25, -0.2) is 9.97 Å². The number of aromatic nitrogens is 4. The number of pyridine rings is 1. The van der Waals surface area contributed by atoms with Gasteiger partial charge in [-0.2, -0.15) is 4.98 Å². The summed E-state index contributed by atoms with van der Waals surface area (Å²) in [6, 6.07) is 12.6. The predicted octanol–water partition coefficient (Wildman–Crippen LogP) is 7.90. The average molecular weight is 610 g/mol. The molecule has 4 heterocycles. The van der Waals surface area contributed by atoms with E-state index in [1.807, 2.05) is 13.1 Å². The van der Waals surface area contributed by atoms with Gasteiger partial charge >= 0.3 is 0 Å². The van der Waals surface area contributed by atoms with Crippen molar-refractivity contribution in [2.45, 2.75) is 103 Å². The normalized spacial score (nSPS) is 18.5. The lowest BCUT2D eigenvalue weighted by Gasteiger charge is -2.22. The third-order valence-electron chi connectivity index (χ3n) is 10.1. The number of rotatable bonds is 13. The Morgan fingerprint density at radius 2 is 1.76 bits per heavy atom. The molecular formula is C37H51N7O. The number of fused-ring (bicyclic) bond motifs is 2. The Bertz CT molecular complexity index is 1590. The van der Waals surface area contributed by atoms with Crippen molar-refractivity contribution in [1.29, 1.82) is 0 Å². The van der Waals surface area contributed by atoms with Crippen LogP contribution in [0.1, 0.15) is 107 Å². The van der Waals surface area contributed by atoms with E-state index >= 15 is 0 Å². The Morgan fingerprint density at radius 3 is 2.51 bits per heavy atom. The quantitative estimate of drug-likeness (QED) is 0.114. The summed E-state index contributed by atoms with van der Waals surface area (Å²) in [7, 11) is 0. The fourth-order valence-electron chi connectivity index (χ4n) is 7.34. The third kappa shape index (κ3) is 6.87. The molecule has 1 aromatic carbocycles. The Labute approximate surface area is 268 Å². The first kappa shape index (κ1) is 31.5. The molecule has 0 spiro atoms. The van der Waals surface area contributed by atoms with Crippen molar-refractivity contribution in [2.24, 2.45) is 5.92 Å². The first-order valence-corrected chi connectivity index (χ1v) is 17.3. The van der Waals surface area contributed by atoms with Crippen LogP contribution in [0.4, 0.5) is 17.3 Å². The fraction of sp³-hybridized carbons (Fsp3) is 0.541. The summed E-state index contributed by atoms with van der Waals surface area (Å²) in [6.07, 6.45) is 13.5. The van der Waals surface area contributed by atoms with Gasteiger partial charge in [-0.3, -0.25) is 4.57 Å². The number of benzene rings is 1. The number of hydrogen-bond donors (Lipinski definition) is 4. The molecule has 8 nitrogen and oxygen atoms in total. The van der Waals surface area contributed by atoms with E-state index in [0.29, 0.717) is 12.4 Å². The molecule has 1 fully saturated rings. The van der Waals surface area contributed by atoms with Crippen LogP contribution in [-0.4, -0.2) is 44.3 Å². The zero-order valence-corrected chi connectivity index (χ0v) is 27.6. The number of nitrogens with one attached hydrogen (secondary N) is 3. The van der Waals surface area contributed by atoms with Gasteiger partial charge in [0.25, 0.3) is 0 Å². The topological polar surface area (TPSA) is 99.9 Å². The number of aliphatic hydroxyl groups is 1. The monoisotopic (exact) mass is 609 g/mol. The maximum atomic E-state index is 11.3. The van der Waals surface area contributed by atoms with E-state index in [1.54, 1.807) is 0 Å². The van der Waals surface area contributed by atoms with Crippen molar-refractivity contribution >= 4 is 28.4 Å². The number of piperidine rings is 1. The zero-order valence-electron chi connectivity index (χ0n) is 27.6. The first-order chi connectivity index (χ1) is 21.9. The number of unbranched alkanes of at least 4 members (excludes halogenated alkanes) is 3. The summed E-state index contributed by atoms with van der Waals surface area (Å²) in [4.78, 5) is 14.8. The highest BCUT2D eigenvalue weighted by Crippen LogP contribution is 2.40. The molecule has 4 aromatic rings. The second-order valence-corrected chi connectivity index (χ2v) is 13.5. The lowest BCUT2D eigenvalue weighted by atomic mass is 9.92. The largest absolute Gasteiger partial charge is 0.385 e. The Kier molecular flexibility index (Phi) is 9.71. The maximum Gasteiger partial charge on any atom is 0.229 e. The van der Waals surface area contributed by atoms with Gasteiger partial charge in [-0.15, -0.1) is 0 Å². The molecule has 1 aliphatic carbocycles. The minimum Gasteiger partial charge on any atom is -0.385 e. The summed E-state index contributed by atoms with van der Waals surface area (Å²) in [5.41, 5.74) is 6.32. The van der Waals surface area contributed by atoms with Crippen LogP contribution in [-0.2, 0) is 12.0 Å². The van der Waals surface area contributed by atoms with Gasteiger partial charge in [0, 0.05) is 35.2 Å². The molecule has 0 unspecified atom stereocenters. The van der Waals surface area contributed by atoms with Crippen molar-refractivity contribution in [1.82, 2.24) is 24.8 Å². The molecule has 0 saturated carbocycles. The minimum atomic E-state index is -0.865. The molecule has 1 saturated heterocycles. The van der Waals surface area contributed by atoms with E-state index in [4.69, 9.17) is 9.97 Å². The van der Waals surface area contributed by atoms with E-state index in [2.05, 4.69) is 82.7 Å². The van der Waals surface area contributed by atoms with Gasteiger partial charge in [0.1, 0.15) is 11.4 Å². The molecule has 2 aliphatic rings. The van der Waals surface area contributed by atoms with Crippen LogP contribution < -0.4 is 16.0 Å². The summed E-state index contributed by atoms with van der Waals surface area (Å²) < 4.78 is 2.16. The predicted molar refractivity (Wildman–Crippen MR) is 185 cm³/mol. The summed E-state index contributed by atoms with van der Waals surface area (Å²) in [5.74, 6) is 2.55. The van der Waals surface area contributed by atoms with Gasteiger partial charge in [0.15, 0.2) is 5.65 Å². The van der Waals surface area contributed by atoms with Crippen LogP contribution in [0, 0.1) is 12.8 Å². The number of aryl methyl sites for hydroxylation is 2. The van der Waals surface area contributed by atoms with Crippen molar-refractivity contribution in [3.8, 4) is 5.82 Å². The van der Waals surface area contributed by atoms with Crippen LogP contribution >= 0.6 is 0 Å². The highest BCUT2D eigenvalue weighted by Gasteiger charge is 2.37. The number of anilines is 3. The summed E-state index contributed by atoms with van der Waals surface area (Å²) >= 11 is 0. The fourth-order valence-corrected chi connectivity index (χ4v) is 7.34. The van der Waals surface area contributed by atoms with E-state index in [0.717, 1.165) is 70.4 Å². The number of hydrogen-bond acceptors (Lipinski definition) is 7. The van der Waals surface area contributed by atoms with Crippen LogP contribution in [0.2, 0.25) is 0 Å². The Balaban J connectivity index is 1.11. The van der Waals surface area contributed by atoms with E-state index in [9.17, 15) is 5.11 Å². The van der Waals surface area contributed by atoms with Gasteiger partial charge < -0.3 is 21.1 Å². The van der Waals surface area contributed by atoms with Gasteiger partial charge in [-0.1, -0.05) is 52.5 Å².